The Balaban J connectivity index is 1.31. The van der Waals surface area contributed by atoms with E-state index in [9.17, 15) is 8.42 Å². The van der Waals surface area contributed by atoms with E-state index in [1.54, 1.807) is 11.3 Å². The first-order valence-corrected chi connectivity index (χ1v) is 10.5. The molecule has 0 aromatic carbocycles. The van der Waals surface area contributed by atoms with Crippen LogP contribution in [0.25, 0.3) is 0 Å². The van der Waals surface area contributed by atoms with Gasteiger partial charge in [-0.25, -0.2) is 13.1 Å². The Labute approximate surface area is 140 Å². The van der Waals surface area contributed by atoms with Gasteiger partial charge >= 0.3 is 0 Å². The van der Waals surface area contributed by atoms with Gasteiger partial charge in [-0.3, -0.25) is 0 Å². The van der Waals surface area contributed by atoms with Crippen molar-refractivity contribution in [3.05, 3.63) is 5.01 Å². The second-order valence-corrected chi connectivity index (χ2v) is 9.99. The predicted octanol–water partition coefficient (Wildman–Crippen LogP) is 0.914. The van der Waals surface area contributed by atoms with Gasteiger partial charge in [0.1, 0.15) is 10.6 Å². The number of ether oxygens (including phenoxy) is 1. The molecule has 1 aromatic rings. The summed E-state index contributed by atoms with van der Waals surface area (Å²) < 4.78 is 32.6. The van der Waals surface area contributed by atoms with Crippen LogP contribution in [0.5, 0.6) is 0 Å². The van der Waals surface area contributed by atoms with E-state index in [4.69, 9.17) is 4.74 Å². The lowest BCUT2D eigenvalue weighted by Gasteiger charge is -2.50. The summed E-state index contributed by atoms with van der Waals surface area (Å²) in [5.41, 5.74) is -0.120. The first-order valence-electron chi connectivity index (χ1n) is 8.16. The second-order valence-electron chi connectivity index (χ2n) is 6.79. The van der Waals surface area contributed by atoms with Crippen LogP contribution in [0.1, 0.15) is 30.7 Å². The summed E-state index contributed by atoms with van der Waals surface area (Å²) >= 11 is 1.60. The van der Waals surface area contributed by atoms with Gasteiger partial charge < -0.3 is 9.64 Å². The van der Waals surface area contributed by atoms with Gasteiger partial charge in [0, 0.05) is 13.2 Å². The quantitative estimate of drug-likeness (QED) is 0.814. The zero-order chi connectivity index (χ0) is 16.1. The van der Waals surface area contributed by atoms with Gasteiger partial charge in [-0.2, -0.15) is 0 Å². The lowest BCUT2D eigenvalue weighted by Crippen LogP contribution is -2.65. The summed E-state index contributed by atoms with van der Waals surface area (Å²) in [4.78, 5) is 2.21. The van der Waals surface area contributed by atoms with Gasteiger partial charge in [0.2, 0.25) is 15.2 Å². The molecule has 2 aliphatic heterocycles. The molecule has 3 fully saturated rings. The van der Waals surface area contributed by atoms with E-state index in [2.05, 4.69) is 19.8 Å². The molecule has 1 saturated carbocycles. The minimum Gasteiger partial charge on any atom is -0.371 e. The van der Waals surface area contributed by atoms with Crippen LogP contribution < -0.4 is 9.62 Å². The summed E-state index contributed by atoms with van der Waals surface area (Å²) in [7, 11) is -3.07. The monoisotopic (exact) mass is 358 g/mol. The summed E-state index contributed by atoms with van der Waals surface area (Å²) in [6.07, 6.45) is 3.47. The number of hydrogen-bond acceptors (Lipinski definition) is 7. The van der Waals surface area contributed by atoms with Crippen molar-refractivity contribution in [3.8, 4) is 0 Å². The molecule has 128 valence electrons. The maximum absolute atomic E-state index is 11.9. The molecule has 9 heteroatoms. The standard InChI is InChI=1S/C14H22N4O3S2/c1-10-16-17-13(22-10)18-8-14(9-18)11(5-7-21-14)4-6-15-23(19,20)12-2-3-12/h11-12,15H,2-9H2,1H3/t11-/m0/s1. The largest absolute Gasteiger partial charge is 0.371 e. The average Bonchev–Trinajstić information content (AvgIpc) is 3.12. The molecule has 1 spiro atoms. The van der Waals surface area contributed by atoms with Gasteiger partial charge in [-0.15, -0.1) is 10.2 Å². The molecule has 0 amide bonds. The van der Waals surface area contributed by atoms with Crippen molar-refractivity contribution < 1.29 is 13.2 Å². The highest BCUT2D eigenvalue weighted by molar-refractivity contribution is 7.90. The molecule has 4 rings (SSSR count). The molecule has 1 aliphatic carbocycles. The zero-order valence-electron chi connectivity index (χ0n) is 13.2. The number of aromatic nitrogens is 2. The van der Waals surface area contributed by atoms with E-state index in [-0.39, 0.29) is 10.9 Å². The summed E-state index contributed by atoms with van der Waals surface area (Å²) in [6, 6.07) is 0. The Morgan fingerprint density at radius 2 is 2.13 bits per heavy atom. The van der Waals surface area contributed by atoms with Crippen LogP contribution in [0.3, 0.4) is 0 Å². The molecule has 3 heterocycles. The van der Waals surface area contributed by atoms with Crippen LogP contribution in [-0.2, 0) is 14.8 Å². The SMILES string of the molecule is Cc1nnc(N2CC3(C2)OCC[C@@H]3CCNS(=O)(=O)C2CC2)s1. The average molecular weight is 358 g/mol. The van der Waals surface area contributed by atoms with Crippen molar-refractivity contribution in [1.82, 2.24) is 14.9 Å². The number of nitrogens with zero attached hydrogens (tertiary/aromatic N) is 3. The summed E-state index contributed by atoms with van der Waals surface area (Å²) in [6.45, 7) is 4.91. The van der Waals surface area contributed by atoms with Crippen LogP contribution in [0.15, 0.2) is 0 Å². The molecule has 1 atom stereocenters. The Kier molecular flexibility index (Phi) is 3.86. The van der Waals surface area contributed by atoms with Gasteiger partial charge in [0.15, 0.2) is 0 Å². The van der Waals surface area contributed by atoms with E-state index in [0.29, 0.717) is 12.5 Å². The molecular weight excluding hydrogens is 336 g/mol. The highest BCUT2D eigenvalue weighted by Crippen LogP contribution is 2.43. The topological polar surface area (TPSA) is 84.4 Å². The number of aryl methyl sites for hydroxylation is 1. The maximum Gasteiger partial charge on any atom is 0.214 e. The molecule has 0 unspecified atom stereocenters. The summed E-state index contributed by atoms with van der Waals surface area (Å²) in [5.74, 6) is 0.412. The molecule has 1 N–H and O–H groups in total. The van der Waals surface area contributed by atoms with Gasteiger partial charge in [0.05, 0.1) is 18.3 Å². The minimum absolute atomic E-state index is 0.120. The molecular formula is C14H22N4O3S2. The van der Waals surface area contributed by atoms with Crippen LogP contribution in [0, 0.1) is 12.8 Å². The van der Waals surface area contributed by atoms with Crippen molar-refractivity contribution in [2.45, 2.75) is 43.5 Å². The van der Waals surface area contributed by atoms with Crippen LogP contribution in [0.2, 0.25) is 0 Å². The normalized spacial score (nSPS) is 26.7. The highest BCUT2D eigenvalue weighted by Gasteiger charge is 2.53. The van der Waals surface area contributed by atoms with Crippen LogP contribution in [0.4, 0.5) is 5.13 Å². The minimum atomic E-state index is -3.07. The van der Waals surface area contributed by atoms with Crippen LogP contribution in [-0.4, -0.2) is 55.7 Å². The fourth-order valence-corrected chi connectivity index (χ4v) is 5.64. The third-order valence-corrected chi connectivity index (χ3v) is 7.92. The second kappa shape index (κ2) is 5.65. The fraction of sp³-hybridized carbons (Fsp3) is 0.857. The first-order chi connectivity index (χ1) is 11.0. The molecule has 3 aliphatic rings. The van der Waals surface area contributed by atoms with Crippen molar-refractivity contribution >= 4 is 26.5 Å². The van der Waals surface area contributed by atoms with Gasteiger partial charge in [-0.1, -0.05) is 11.3 Å². The lowest BCUT2D eigenvalue weighted by molar-refractivity contribution is -0.0451. The Bertz CT molecular complexity index is 680. The van der Waals surface area contributed by atoms with Crippen molar-refractivity contribution in [1.29, 1.82) is 0 Å². The number of nitrogens with one attached hydrogen (secondary N) is 1. The van der Waals surface area contributed by atoms with Gasteiger partial charge in [0.25, 0.3) is 0 Å². The molecule has 23 heavy (non-hydrogen) atoms. The van der Waals surface area contributed by atoms with Gasteiger partial charge in [-0.05, 0) is 38.5 Å². The maximum atomic E-state index is 11.9. The molecule has 0 radical (unpaired) electrons. The smallest absolute Gasteiger partial charge is 0.214 e. The third-order valence-electron chi connectivity index (χ3n) is 5.06. The Morgan fingerprint density at radius 3 is 2.78 bits per heavy atom. The number of anilines is 1. The van der Waals surface area contributed by atoms with Crippen molar-refractivity contribution in [2.24, 2.45) is 5.92 Å². The van der Waals surface area contributed by atoms with Crippen LogP contribution >= 0.6 is 11.3 Å². The van der Waals surface area contributed by atoms with E-state index < -0.39 is 10.0 Å². The molecule has 2 saturated heterocycles. The number of rotatable bonds is 6. The Hall–Kier alpha value is -0.770. The Morgan fingerprint density at radius 1 is 1.35 bits per heavy atom. The van der Waals surface area contributed by atoms with Crippen molar-refractivity contribution in [3.63, 3.8) is 0 Å². The molecule has 0 bridgehead atoms. The first kappa shape index (κ1) is 15.7. The van der Waals surface area contributed by atoms with E-state index in [0.717, 1.165) is 55.5 Å². The highest BCUT2D eigenvalue weighted by atomic mass is 32.2. The summed E-state index contributed by atoms with van der Waals surface area (Å²) in [5, 5.41) is 10.0. The third kappa shape index (κ3) is 2.99. The van der Waals surface area contributed by atoms with E-state index in [1.807, 2.05) is 6.92 Å². The van der Waals surface area contributed by atoms with Crippen molar-refractivity contribution in [2.75, 3.05) is 31.1 Å². The van der Waals surface area contributed by atoms with E-state index in [1.165, 1.54) is 0 Å². The molecule has 1 aromatic heterocycles. The number of sulfonamides is 1. The number of hydrogen-bond donors (Lipinski definition) is 1. The zero-order valence-corrected chi connectivity index (χ0v) is 14.8. The molecule has 7 nitrogen and oxygen atoms in total. The predicted molar refractivity (Wildman–Crippen MR) is 88.2 cm³/mol. The van der Waals surface area contributed by atoms with E-state index >= 15 is 0 Å². The lowest BCUT2D eigenvalue weighted by atomic mass is 9.79. The fourth-order valence-electron chi connectivity index (χ4n) is 3.56.